The third kappa shape index (κ3) is 2.79. The highest BCUT2D eigenvalue weighted by Gasteiger charge is 2.16. The molecular weight excluding hydrogens is 284 g/mol. The Hall–Kier alpha value is -2.42. The van der Waals surface area contributed by atoms with Crippen molar-refractivity contribution in [2.24, 2.45) is 0 Å². The number of hydrogen-bond donors (Lipinski definition) is 0. The lowest BCUT2D eigenvalue weighted by atomic mass is 9.98. The van der Waals surface area contributed by atoms with Crippen LogP contribution in [0.3, 0.4) is 0 Å². The third-order valence-corrected chi connectivity index (χ3v) is 4.20. The molecule has 3 nitrogen and oxygen atoms in total. The number of aromatic nitrogens is 2. The molecule has 23 heavy (non-hydrogen) atoms. The van der Waals surface area contributed by atoms with Gasteiger partial charge in [0.15, 0.2) is 0 Å². The molecule has 0 amide bonds. The second-order valence-electron chi connectivity index (χ2n) is 5.82. The molecule has 0 bridgehead atoms. The van der Waals surface area contributed by atoms with E-state index < -0.39 is 0 Å². The van der Waals surface area contributed by atoms with Gasteiger partial charge >= 0.3 is 0 Å². The van der Waals surface area contributed by atoms with Gasteiger partial charge in [0.05, 0.1) is 5.39 Å². The largest absolute Gasteiger partial charge is 0.280 e. The van der Waals surface area contributed by atoms with Gasteiger partial charge in [-0.15, -0.1) is 0 Å². The average molecular weight is 306 g/mol. The first kappa shape index (κ1) is 15.5. The lowest BCUT2D eigenvalue weighted by Crippen LogP contribution is -2.24. The second-order valence-corrected chi connectivity index (χ2v) is 5.82. The van der Waals surface area contributed by atoms with Gasteiger partial charge in [0.2, 0.25) is 0 Å². The van der Waals surface area contributed by atoms with Crippen molar-refractivity contribution < 1.29 is 0 Å². The van der Waals surface area contributed by atoms with E-state index in [1.165, 1.54) is 5.56 Å². The van der Waals surface area contributed by atoms with Crippen molar-refractivity contribution in [3.05, 3.63) is 70.4 Å². The molecule has 3 heteroatoms. The van der Waals surface area contributed by atoms with E-state index in [0.29, 0.717) is 5.39 Å². The standard InChI is InChI=1S/C20H22N2O/c1-3-8-17-16-12-13-21-14-18(16)20(23)22(19(17)9-4-2)15-10-6-5-7-11-15/h5-7,10-14H,3-4,8-9H2,1-2H3. The monoisotopic (exact) mass is 306 g/mol. The second kappa shape index (κ2) is 6.78. The highest BCUT2D eigenvalue weighted by Crippen LogP contribution is 2.24. The van der Waals surface area contributed by atoms with Crippen molar-refractivity contribution in [1.82, 2.24) is 9.55 Å². The van der Waals surface area contributed by atoms with Crippen LogP contribution in [0.25, 0.3) is 16.5 Å². The zero-order valence-electron chi connectivity index (χ0n) is 13.7. The molecule has 2 aromatic heterocycles. The minimum Gasteiger partial charge on any atom is -0.280 e. The summed E-state index contributed by atoms with van der Waals surface area (Å²) in [6.07, 6.45) is 7.43. The van der Waals surface area contributed by atoms with Crippen LogP contribution in [-0.2, 0) is 12.8 Å². The lowest BCUT2D eigenvalue weighted by molar-refractivity contribution is 0.781. The minimum absolute atomic E-state index is 0.0302. The molecule has 0 fully saturated rings. The highest BCUT2D eigenvalue weighted by molar-refractivity contribution is 5.85. The lowest BCUT2D eigenvalue weighted by Gasteiger charge is -2.19. The van der Waals surface area contributed by atoms with Crippen molar-refractivity contribution in [1.29, 1.82) is 0 Å². The summed E-state index contributed by atoms with van der Waals surface area (Å²) in [5, 5.41) is 1.77. The number of aryl methyl sites for hydroxylation is 1. The van der Waals surface area contributed by atoms with Gasteiger partial charge in [-0.1, -0.05) is 44.9 Å². The van der Waals surface area contributed by atoms with Gasteiger partial charge in [0, 0.05) is 23.8 Å². The molecule has 118 valence electrons. The fourth-order valence-corrected chi connectivity index (χ4v) is 3.24. The molecule has 0 radical (unpaired) electrons. The zero-order valence-corrected chi connectivity index (χ0v) is 13.7. The Kier molecular flexibility index (Phi) is 4.56. The molecule has 0 unspecified atom stereocenters. The third-order valence-electron chi connectivity index (χ3n) is 4.20. The molecule has 2 heterocycles. The van der Waals surface area contributed by atoms with Crippen LogP contribution in [0.5, 0.6) is 0 Å². The SMILES string of the molecule is CCCc1c(CCC)n(-c2ccccc2)c(=O)c2cnccc12. The number of hydrogen-bond acceptors (Lipinski definition) is 2. The zero-order chi connectivity index (χ0) is 16.2. The van der Waals surface area contributed by atoms with Crippen molar-refractivity contribution in [3.8, 4) is 5.69 Å². The van der Waals surface area contributed by atoms with Crippen LogP contribution in [-0.4, -0.2) is 9.55 Å². The fourth-order valence-electron chi connectivity index (χ4n) is 3.24. The molecule has 0 aliphatic carbocycles. The molecule has 3 aromatic rings. The Balaban J connectivity index is 2.44. The summed E-state index contributed by atoms with van der Waals surface area (Å²) in [5.74, 6) is 0. The first-order valence-corrected chi connectivity index (χ1v) is 8.33. The Morgan fingerprint density at radius 2 is 1.70 bits per heavy atom. The molecule has 0 N–H and O–H groups in total. The van der Waals surface area contributed by atoms with Crippen LogP contribution in [0, 0.1) is 0 Å². The topological polar surface area (TPSA) is 34.9 Å². The van der Waals surface area contributed by atoms with E-state index in [1.807, 2.05) is 41.0 Å². The number of pyridine rings is 2. The van der Waals surface area contributed by atoms with E-state index >= 15 is 0 Å². The van der Waals surface area contributed by atoms with Gasteiger partial charge in [-0.2, -0.15) is 0 Å². The van der Waals surface area contributed by atoms with Gasteiger partial charge in [0.1, 0.15) is 0 Å². The average Bonchev–Trinajstić information content (AvgIpc) is 2.59. The summed E-state index contributed by atoms with van der Waals surface area (Å²) >= 11 is 0. The summed E-state index contributed by atoms with van der Waals surface area (Å²) in [5.41, 5.74) is 3.39. The summed E-state index contributed by atoms with van der Waals surface area (Å²) in [7, 11) is 0. The van der Waals surface area contributed by atoms with Gasteiger partial charge < -0.3 is 0 Å². The molecular formula is C20H22N2O. The van der Waals surface area contributed by atoms with Gasteiger partial charge in [-0.3, -0.25) is 14.3 Å². The molecule has 0 aliphatic rings. The molecule has 0 aliphatic heterocycles. The minimum atomic E-state index is 0.0302. The molecule has 0 saturated carbocycles. The Bertz CT molecular complexity index is 866. The normalized spacial score (nSPS) is 11.0. The fraction of sp³-hybridized carbons (Fsp3) is 0.300. The smallest absolute Gasteiger partial charge is 0.264 e. The van der Waals surface area contributed by atoms with E-state index in [-0.39, 0.29) is 5.56 Å². The van der Waals surface area contributed by atoms with Crippen LogP contribution in [0.15, 0.2) is 53.6 Å². The summed E-state index contributed by atoms with van der Waals surface area (Å²) < 4.78 is 1.89. The van der Waals surface area contributed by atoms with Crippen molar-refractivity contribution in [2.45, 2.75) is 39.5 Å². The van der Waals surface area contributed by atoms with Gasteiger partial charge in [-0.25, -0.2) is 0 Å². The van der Waals surface area contributed by atoms with E-state index in [9.17, 15) is 4.79 Å². The summed E-state index contributed by atoms with van der Waals surface area (Å²) in [6, 6.07) is 11.9. The maximum atomic E-state index is 13.1. The number of rotatable bonds is 5. The molecule has 0 saturated heterocycles. The summed E-state index contributed by atoms with van der Waals surface area (Å²) in [6.45, 7) is 4.34. The maximum Gasteiger partial charge on any atom is 0.264 e. The summed E-state index contributed by atoms with van der Waals surface area (Å²) in [4.78, 5) is 17.3. The number of nitrogens with zero attached hydrogens (tertiary/aromatic N) is 2. The first-order valence-electron chi connectivity index (χ1n) is 8.33. The van der Waals surface area contributed by atoms with Crippen LogP contribution >= 0.6 is 0 Å². The quantitative estimate of drug-likeness (QED) is 0.705. The molecule has 3 rings (SSSR count). The molecule has 1 aromatic carbocycles. The predicted molar refractivity (Wildman–Crippen MR) is 95.3 cm³/mol. The van der Waals surface area contributed by atoms with E-state index in [2.05, 4.69) is 18.8 Å². The van der Waals surface area contributed by atoms with Crippen LogP contribution < -0.4 is 5.56 Å². The van der Waals surface area contributed by atoms with Crippen molar-refractivity contribution >= 4 is 10.8 Å². The predicted octanol–water partition coefficient (Wildman–Crippen LogP) is 4.29. The van der Waals surface area contributed by atoms with Crippen LogP contribution in [0.2, 0.25) is 0 Å². The van der Waals surface area contributed by atoms with Crippen LogP contribution in [0.1, 0.15) is 37.9 Å². The number of para-hydroxylation sites is 1. The van der Waals surface area contributed by atoms with Gasteiger partial charge in [-0.05, 0) is 42.0 Å². The van der Waals surface area contributed by atoms with Crippen molar-refractivity contribution in [3.63, 3.8) is 0 Å². The van der Waals surface area contributed by atoms with Crippen LogP contribution in [0.4, 0.5) is 0 Å². The Morgan fingerprint density at radius 3 is 2.39 bits per heavy atom. The molecule has 0 atom stereocenters. The number of benzene rings is 1. The first-order chi connectivity index (χ1) is 11.3. The van der Waals surface area contributed by atoms with E-state index in [1.54, 1.807) is 12.4 Å². The van der Waals surface area contributed by atoms with Gasteiger partial charge in [0.25, 0.3) is 5.56 Å². The van der Waals surface area contributed by atoms with Crippen molar-refractivity contribution in [2.75, 3.05) is 0 Å². The Morgan fingerprint density at radius 1 is 0.957 bits per heavy atom. The number of fused-ring (bicyclic) bond motifs is 1. The maximum absolute atomic E-state index is 13.1. The highest BCUT2D eigenvalue weighted by atomic mass is 16.1. The van der Waals surface area contributed by atoms with E-state index in [4.69, 9.17) is 0 Å². The van der Waals surface area contributed by atoms with E-state index in [0.717, 1.165) is 42.5 Å². The molecule has 0 spiro atoms. The Labute approximate surface area is 136 Å².